The smallest absolute Gasteiger partial charge is 0.270 e. The number of benzene rings is 1. The van der Waals surface area contributed by atoms with E-state index in [9.17, 15) is 19.7 Å². The van der Waals surface area contributed by atoms with E-state index in [1.165, 1.54) is 41.5 Å². The summed E-state index contributed by atoms with van der Waals surface area (Å²) in [5.41, 5.74) is -0.0331. The highest BCUT2D eigenvalue weighted by molar-refractivity contribution is 5.99. The fourth-order valence-corrected chi connectivity index (χ4v) is 1.90. The predicted octanol–water partition coefficient (Wildman–Crippen LogP) is 1.68. The number of amides is 2. The molecule has 1 heterocycles. The van der Waals surface area contributed by atoms with Crippen molar-refractivity contribution in [3.63, 3.8) is 0 Å². The number of carbonyl (C=O) groups is 2. The lowest BCUT2D eigenvalue weighted by Crippen LogP contribution is -2.37. The molecule has 1 aromatic carbocycles. The lowest BCUT2D eigenvalue weighted by atomic mass is 10.1. The van der Waals surface area contributed by atoms with E-state index < -0.39 is 16.7 Å². The number of nitro groups is 1. The van der Waals surface area contributed by atoms with E-state index >= 15 is 0 Å². The molecule has 120 valence electrons. The summed E-state index contributed by atoms with van der Waals surface area (Å²) in [6, 6.07) is 6.84. The molecule has 2 rings (SSSR count). The molecule has 0 unspecified atom stereocenters. The van der Waals surface area contributed by atoms with E-state index in [-0.39, 0.29) is 30.2 Å². The van der Waals surface area contributed by atoms with Crippen molar-refractivity contribution < 1.29 is 19.0 Å². The van der Waals surface area contributed by atoms with Crippen LogP contribution in [0.1, 0.15) is 17.3 Å². The van der Waals surface area contributed by atoms with Crippen molar-refractivity contribution in [2.75, 3.05) is 18.4 Å². The van der Waals surface area contributed by atoms with Gasteiger partial charge in [-0.2, -0.15) is 0 Å². The highest BCUT2D eigenvalue weighted by Gasteiger charge is 2.19. The summed E-state index contributed by atoms with van der Waals surface area (Å²) in [6.07, 6.45) is 1.31. The second kappa shape index (κ2) is 7.16. The van der Waals surface area contributed by atoms with E-state index in [1.807, 2.05) is 0 Å². The highest BCUT2D eigenvalue weighted by Crippen LogP contribution is 2.15. The maximum absolute atomic E-state index is 12.4. The van der Waals surface area contributed by atoms with Crippen LogP contribution in [0.5, 0.6) is 0 Å². The summed E-state index contributed by atoms with van der Waals surface area (Å²) in [5, 5.41) is 16.8. The minimum Gasteiger partial charge on any atom is -0.363 e. The minimum atomic E-state index is -0.579. The standard InChI is InChI=1S/C14H14N4O5/c1-2-17(9-13(19)15-12-6-7-23-16-12)14(20)10-4-3-5-11(8-10)18(21)22/h3-8H,2,9H2,1H3,(H,15,16,19). The Bertz CT molecular complexity index is 714. The van der Waals surface area contributed by atoms with Crippen molar-refractivity contribution >= 4 is 23.3 Å². The van der Waals surface area contributed by atoms with Crippen LogP contribution in [0.3, 0.4) is 0 Å². The molecule has 2 amide bonds. The zero-order valence-electron chi connectivity index (χ0n) is 12.3. The molecule has 0 spiro atoms. The van der Waals surface area contributed by atoms with Crippen molar-refractivity contribution in [3.05, 3.63) is 52.3 Å². The van der Waals surface area contributed by atoms with Crippen LogP contribution in [0.25, 0.3) is 0 Å². The summed E-state index contributed by atoms with van der Waals surface area (Å²) >= 11 is 0. The van der Waals surface area contributed by atoms with Gasteiger partial charge in [-0.25, -0.2) is 0 Å². The number of nitrogens with zero attached hydrogens (tertiary/aromatic N) is 3. The number of aromatic nitrogens is 1. The van der Waals surface area contributed by atoms with Gasteiger partial charge in [-0.3, -0.25) is 19.7 Å². The van der Waals surface area contributed by atoms with Crippen LogP contribution in [0, 0.1) is 10.1 Å². The van der Waals surface area contributed by atoms with Gasteiger partial charge in [-0.15, -0.1) is 0 Å². The van der Waals surface area contributed by atoms with Gasteiger partial charge >= 0.3 is 0 Å². The summed E-state index contributed by atoms with van der Waals surface area (Å²) in [6.45, 7) is 1.78. The molecule has 0 saturated carbocycles. The van der Waals surface area contributed by atoms with Crippen LogP contribution in [0.15, 0.2) is 41.1 Å². The third-order valence-electron chi connectivity index (χ3n) is 3.01. The largest absolute Gasteiger partial charge is 0.363 e. The first-order valence-electron chi connectivity index (χ1n) is 6.75. The van der Waals surface area contributed by atoms with Crippen molar-refractivity contribution in [1.29, 1.82) is 0 Å². The molecule has 23 heavy (non-hydrogen) atoms. The third kappa shape index (κ3) is 4.13. The first-order valence-corrected chi connectivity index (χ1v) is 6.75. The number of hydrogen-bond acceptors (Lipinski definition) is 6. The average molecular weight is 318 g/mol. The Labute approximate surface area is 131 Å². The SMILES string of the molecule is CCN(CC(=O)Nc1ccon1)C(=O)c1cccc([N+](=O)[O-])c1. The molecule has 0 aliphatic heterocycles. The first kappa shape index (κ1) is 16.1. The Morgan fingerprint density at radius 3 is 2.78 bits per heavy atom. The second-order valence-corrected chi connectivity index (χ2v) is 4.56. The zero-order valence-corrected chi connectivity index (χ0v) is 12.3. The topological polar surface area (TPSA) is 119 Å². The maximum atomic E-state index is 12.4. The van der Waals surface area contributed by atoms with Gasteiger partial charge in [0.05, 0.1) is 4.92 Å². The molecule has 0 aliphatic carbocycles. The van der Waals surface area contributed by atoms with Gasteiger partial charge in [-0.05, 0) is 13.0 Å². The third-order valence-corrected chi connectivity index (χ3v) is 3.01. The molecule has 0 bridgehead atoms. The molecule has 9 heteroatoms. The van der Waals surface area contributed by atoms with Gasteiger partial charge in [-0.1, -0.05) is 11.2 Å². The van der Waals surface area contributed by atoms with Gasteiger partial charge in [0.25, 0.3) is 11.6 Å². The monoisotopic (exact) mass is 318 g/mol. The number of nitro benzene ring substituents is 1. The van der Waals surface area contributed by atoms with Crippen LogP contribution in [-0.2, 0) is 4.79 Å². The Balaban J connectivity index is 2.07. The fraction of sp³-hybridized carbons (Fsp3) is 0.214. The summed E-state index contributed by atoms with van der Waals surface area (Å²) in [4.78, 5) is 35.7. The molecule has 0 saturated heterocycles. The molecule has 0 radical (unpaired) electrons. The van der Waals surface area contributed by atoms with Crippen LogP contribution < -0.4 is 5.32 Å². The Hall–Kier alpha value is -3.23. The van der Waals surface area contributed by atoms with E-state index in [0.29, 0.717) is 0 Å². The number of nitrogens with one attached hydrogen (secondary N) is 1. The van der Waals surface area contributed by atoms with Gasteiger partial charge < -0.3 is 14.7 Å². The molecule has 1 aromatic heterocycles. The molecule has 0 aliphatic rings. The molecular weight excluding hydrogens is 304 g/mol. The predicted molar refractivity (Wildman–Crippen MR) is 79.8 cm³/mol. The zero-order chi connectivity index (χ0) is 16.8. The van der Waals surface area contributed by atoms with Crippen molar-refractivity contribution in [3.8, 4) is 0 Å². The van der Waals surface area contributed by atoms with Crippen LogP contribution in [0.4, 0.5) is 11.5 Å². The van der Waals surface area contributed by atoms with Gasteiger partial charge in [0.2, 0.25) is 5.91 Å². The first-order chi connectivity index (χ1) is 11.0. The molecular formula is C14H14N4O5. The van der Waals surface area contributed by atoms with Crippen LogP contribution in [0.2, 0.25) is 0 Å². The average Bonchev–Trinajstić information content (AvgIpc) is 3.04. The van der Waals surface area contributed by atoms with Crippen molar-refractivity contribution in [2.24, 2.45) is 0 Å². The summed E-state index contributed by atoms with van der Waals surface area (Å²) < 4.78 is 4.59. The van der Waals surface area contributed by atoms with Crippen LogP contribution >= 0.6 is 0 Å². The lowest BCUT2D eigenvalue weighted by molar-refractivity contribution is -0.384. The van der Waals surface area contributed by atoms with E-state index in [2.05, 4.69) is 15.0 Å². The number of likely N-dealkylation sites (N-methyl/N-ethyl adjacent to an activating group) is 1. The molecule has 9 nitrogen and oxygen atoms in total. The normalized spacial score (nSPS) is 10.1. The summed E-state index contributed by atoms with van der Waals surface area (Å²) in [7, 11) is 0. The number of carbonyl (C=O) groups excluding carboxylic acids is 2. The lowest BCUT2D eigenvalue weighted by Gasteiger charge is -2.20. The highest BCUT2D eigenvalue weighted by atomic mass is 16.6. The maximum Gasteiger partial charge on any atom is 0.270 e. The van der Waals surface area contributed by atoms with E-state index in [1.54, 1.807) is 6.92 Å². The van der Waals surface area contributed by atoms with Crippen molar-refractivity contribution in [2.45, 2.75) is 6.92 Å². The van der Waals surface area contributed by atoms with Gasteiger partial charge in [0.1, 0.15) is 12.8 Å². The number of anilines is 1. The second-order valence-electron chi connectivity index (χ2n) is 4.56. The Kier molecular flexibility index (Phi) is 5.03. The minimum absolute atomic E-state index is 0.148. The number of hydrogen-bond donors (Lipinski definition) is 1. The fourth-order valence-electron chi connectivity index (χ4n) is 1.90. The van der Waals surface area contributed by atoms with Crippen molar-refractivity contribution in [1.82, 2.24) is 10.1 Å². The van der Waals surface area contributed by atoms with Gasteiger partial charge in [0, 0.05) is 30.3 Å². The van der Waals surface area contributed by atoms with Gasteiger partial charge in [0.15, 0.2) is 5.82 Å². The molecule has 1 N–H and O–H groups in total. The van der Waals surface area contributed by atoms with E-state index in [4.69, 9.17) is 0 Å². The quantitative estimate of drug-likeness (QED) is 0.639. The number of non-ortho nitro benzene ring substituents is 1. The van der Waals surface area contributed by atoms with Crippen LogP contribution in [-0.4, -0.2) is 39.9 Å². The van der Waals surface area contributed by atoms with E-state index in [0.717, 1.165) is 0 Å². The number of rotatable bonds is 6. The molecule has 0 atom stereocenters. The Morgan fingerprint density at radius 1 is 1.39 bits per heavy atom. The molecule has 0 fully saturated rings. The summed E-state index contributed by atoms with van der Waals surface area (Å²) in [5.74, 6) is -0.667. The Morgan fingerprint density at radius 2 is 2.17 bits per heavy atom. The molecule has 2 aromatic rings.